The first kappa shape index (κ1) is 33.8. The second kappa shape index (κ2) is 14.8. The van der Waals surface area contributed by atoms with Gasteiger partial charge in [-0.25, -0.2) is 0 Å². The van der Waals surface area contributed by atoms with Crippen LogP contribution in [0.1, 0.15) is 55.0 Å². The van der Waals surface area contributed by atoms with Gasteiger partial charge in [-0.1, -0.05) is 61.8 Å². The Kier molecular flexibility index (Phi) is 11.1. The highest BCUT2D eigenvalue weighted by Crippen LogP contribution is 2.45. The second-order valence-electron chi connectivity index (χ2n) is 11.7. The third kappa shape index (κ3) is 8.33. The number of ether oxygens (including phenoxy) is 3. The Hall–Kier alpha value is -4.12. The fraction of sp³-hybridized carbons (Fsp3) is 0.382. The van der Waals surface area contributed by atoms with E-state index in [2.05, 4.69) is 5.32 Å². The first-order valence-corrected chi connectivity index (χ1v) is 15.0. The van der Waals surface area contributed by atoms with Crippen LogP contribution >= 0.6 is 11.6 Å². The van der Waals surface area contributed by atoms with Gasteiger partial charge < -0.3 is 34.6 Å². The number of hydrogen-bond acceptors (Lipinski definition) is 7. The Morgan fingerprint density at radius 3 is 2.38 bits per heavy atom. The molecule has 0 radical (unpaired) electrons. The number of carbonyl (C=O) groups excluding carboxylic acids is 2. The zero-order chi connectivity index (χ0) is 32.7. The third-order valence-electron chi connectivity index (χ3n) is 7.65. The van der Waals surface area contributed by atoms with Crippen LogP contribution in [0.2, 0.25) is 5.02 Å². The van der Waals surface area contributed by atoms with Crippen LogP contribution in [0.5, 0.6) is 11.5 Å². The van der Waals surface area contributed by atoms with E-state index < -0.39 is 35.4 Å². The number of aliphatic hydroxyl groups is 1. The molecule has 3 aromatic rings. The van der Waals surface area contributed by atoms with Gasteiger partial charge in [0.05, 0.1) is 20.6 Å². The number of carboxylic acids is 1. The fourth-order valence-corrected chi connectivity index (χ4v) is 5.40. The van der Waals surface area contributed by atoms with Gasteiger partial charge in [0.25, 0.3) is 5.91 Å². The molecule has 11 heteroatoms. The Balaban J connectivity index is 1.66. The van der Waals surface area contributed by atoms with Gasteiger partial charge in [0.1, 0.15) is 12.2 Å². The first-order valence-electron chi connectivity index (χ1n) is 14.6. The van der Waals surface area contributed by atoms with Gasteiger partial charge in [0.2, 0.25) is 5.91 Å². The average molecular weight is 639 g/mol. The molecule has 0 spiro atoms. The summed E-state index contributed by atoms with van der Waals surface area (Å²) in [6, 6.07) is 17.8. The summed E-state index contributed by atoms with van der Waals surface area (Å²) in [4.78, 5) is 39.9. The van der Waals surface area contributed by atoms with E-state index in [4.69, 9.17) is 30.9 Å². The molecule has 3 aromatic carbocycles. The number of amides is 2. The molecule has 240 valence electrons. The molecule has 0 aromatic heterocycles. The molecule has 0 saturated heterocycles. The molecule has 0 fully saturated rings. The molecule has 2 atom stereocenters. The lowest BCUT2D eigenvalue weighted by molar-refractivity contribution is -0.138. The summed E-state index contributed by atoms with van der Waals surface area (Å²) >= 11 is 6.48. The maximum Gasteiger partial charge on any atom is 0.303 e. The second-order valence-corrected chi connectivity index (χ2v) is 12.2. The maximum atomic E-state index is 14.2. The standard InChI is InChI=1S/C34H39ClN2O8/c1-34(2,20-38)19-37-26-14-13-23(35)16-25(26)31(24-6-5-7-27(43-3)32(24)44-4)45-28(33(37)42)17-29(39)36-18-22-10-8-21(9-11-22)12-15-30(40)41/h5-11,13-14,16,28,31,38H,12,15,17-20H2,1-4H3,(H,36,39)(H,40,41)/t28-,31-/m1/s1. The molecule has 1 heterocycles. The summed E-state index contributed by atoms with van der Waals surface area (Å²) in [6.45, 7) is 3.89. The SMILES string of the molecule is COc1cccc([C@H]2O[C@H](CC(=O)NCc3ccc(CCC(=O)O)cc3)C(=O)N(CC(C)(C)CO)c3ccc(Cl)cc32)c1OC. The number of carbonyl (C=O) groups is 3. The van der Waals surface area contributed by atoms with Crippen molar-refractivity contribution in [3.8, 4) is 11.5 Å². The van der Waals surface area contributed by atoms with Gasteiger partial charge in [-0.05, 0) is 41.8 Å². The molecule has 10 nitrogen and oxygen atoms in total. The Bertz CT molecular complexity index is 1530. The number of rotatable bonds is 13. The minimum absolute atomic E-state index is 0.0384. The summed E-state index contributed by atoms with van der Waals surface area (Å²) < 4.78 is 17.8. The number of fused-ring (bicyclic) bond motifs is 1. The lowest BCUT2D eigenvalue weighted by Crippen LogP contribution is -2.46. The van der Waals surface area contributed by atoms with Crippen LogP contribution in [-0.4, -0.2) is 61.5 Å². The maximum absolute atomic E-state index is 14.2. The van der Waals surface area contributed by atoms with Crippen molar-refractivity contribution in [3.63, 3.8) is 0 Å². The molecular weight excluding hydrogens is 600 g/mol. The molecule has 1 aliphatic heterocycles. The fourth-order valence-electron chi connectivity index (χ4n) is 5.22. The van der Waals surface area contributed by atoms with Crippen molar-refractivity contribution in [1.29, 1.82) is 0 Å². The van der Waals surface area contributed by atoms with Crippen LogP contribution in [0, 0.1) is 5.41 Å². The van der Waals surface area contributed by atoms with Gasteiger partial charge in [0.15, 0.2) is 11.5 Å². The quantitative estimate of drug-likeness (QED) is 0.240. The highest BCUT2D eigenvalue weighted by atomic mass is 35.5. The van der Waals surface area contributed by atoms with Crippen LogP contribution in [0.15, 0.2) is 60.7 Å². The number of nitrogens with zero attached hydrogens (tertiary/aromatic N) is 1. The molecule has 0 unspecified atom stereocenters. The minimum Gasteiger partial charge on any atom is -0.493 e. The number of methoxy groups -OCH3 is 2. The van der Waals surface area contributed by atoms with Crippen LogP contribution in [0.25, 0.3) is 0 Å². The van der Waals surface area contributed by atoms with E-state index >= 15 is 0 Å². The number of aryl methyl sites for hydroxylation is 1. The zero-order valence-corrected chi connectivity index (χ0v) is 26.6. The van der Waals surface area contributed by atoms with E-state index in [0.717, 1.165) is 11.1 Å². The van der Waals surface area contributed by atoms with E-state index in [-0.39, 0.29) is 32.5 Å². The van der Waals surface area contributed by atoms with Gasteiger partial charge >= 0.3 is 5.97 Å². The summed E-state index contributed by atoms with van der Waals surface area (Å²) in [6.07, 6.45) is -1.86. The summed E-state index contributed by atoms with van der Waals surface area (Å²) in [5.41, 5.74) is 2.78. The number of aliphatic hydroxyl groups excluding tert-OH is 1. The van der Waals surface area contributed by atoms with Crippen LogP contribution in [0.3, 0.4) is 0 Å². The normalized spacial score (nSPS) is 16.5. The van der Waals surface area contributed by atoms with Crippen molar-refractivity contribution >= 4 is 35.1 Å². The van der Waals surface area contributed by atoms with Gasteiger partial charge in [-0.3, -0.25) is 14.4 Å². The number of nitrogens with one attached hydrogen (secondary N) is 1. The van der Waals surface area contributed by atoms with Crippen molar-refractivity contribution in [3.05, 3.63) is 87.9 Å². The monoisotopic (exact) mass is 638 g/mol. The third-order valence-corrected chi connectivity index (χ3v) is 7.88. The topological polar surface area (TPSA) is 135 Å². The van der Waals surface area contributed by atoms with Crippen molar-refractivity contribution < 1.29 is 38.8 Å². The van der Waals surface area contributed by atoms with Crippen molar-refractivity contribution in [2.75, 3.05) is 32.3 Å². The van der Waals surface area contributed by atoms with Crippen molar-refractivity contribution in [2.24, 2.45) is 5.41 Å². The zero-order valence-electron chi connectivity index (χ0n) is 25.8. The van der Waals surface area contributed by atoms with Crippen LogP contribution in [-0.2, 0) is 32.1 Å². The van der Waals surface area contributed by atoms with Crippen molar-refractivity contribution in [2.45, 2.75) is 51.9 Å². The van der Waals surface area contributed by atoms with Gasteiger partial charge in [0, 0.05) is 53.4 Å². The highest BCUT2D eigenvalue weighted by molar-refractivity contribution is 6.30. The summed E-state index contributed by atoms with van der Waals surface area (Å²) in [5.74, 6) is -0.799. The van der Waals surface area contributed by atoms with Gasteiger partial charge in [-0.15, -0.1) is 0 Å². The predicted octanol–water partition coefficient (Wildman–Crippen LogP) is 4.92. The van der Waals surface area contributed by atoms with Crippen LogP contribution < -0.4 is 19.7 Å². The molecule has 4 rings (SSSR count). The largest absolute Gasteiger partial charge is 0.493 e. The molecular formula is C34H39ClN2O8. The molecule has 2 amide bonds. The summed E-state index contributed by atoms with van der Waals surface area (Å²) in [7, 11) is 3.04. The number of benzene rings is 3. The summed E-state index contributed by atoms with van der Waals surface area (Å²) in [5, 5.41) is 22.3. The van der Waals surface area contributed by atoms with E-state index in [1.54, 1.807) is 35.2 Å². The van der Waals surface area contributed by atoms with E-state index in [1.807, 2.05) is 44.2 Å². The number of hydrogen-bond donors (Lipinski definition) is 3. The lowest BCUT2D eigenvalue weighted by Gasteiger charge is -2.32. The minimum atomic E-state index is -1.19. The van der Waals surface area contributed by atoms with Crippen molar-refractivity contribution in [1.82, 2.24) is 5.32 Å². The predicted molar refractivity (Wildman–Crippen MR) is 170 cm³/mol. The van der Waals surface area contributed by atoms with Gasteiger partial charge in [-0.2, -0.15) is 0 Å². The molecule has 0 saturated carbocycles. The molecule has 0 aliphatic carbocycles. The lowest BCUT2D eigenvalue weighted by atomic mass is 9.92. The first-order chi connectivity index (χ1) is 21.5. The number of anilines is 1. The molecule has 3 N–H and O–H groups in total. The molecule has 0 bridgehead atoms. The number of aliphatic carboxylic acids is 1. The Labute approximate surface area is 267 Å². The highest BCUT2D eigenvalue weighted by Gasteiger charge is 2.40. The number of para-hydroxylation sites is 1. The van der Waals surface area contributed by atoms with E-state index in [9.17, 15) is 19.5 Å². The Morgan fingerprint density at radius 1 is 1.02 bits per heavy atom. The Morgan fingerprint density at radius 2 is 1.73 bits per heavy atom. The number of halogens is 1. The molecule has 1 aliphatic rings. The van der Waals surface area contributed by atoms with E-state index in [1.165, 1.54) is 14.2 Å². The number of carboxylic acid groups (broad SMARTS) is 1. The smallest absolute Gasteiger partial charge is 0.303 e. The molecule has 45 heavy (non-hydrogen) atoms. The van der Waals surface area contributed by atoms with E-state index in [0.29, 0.717) is 39.8 Å². The average Bonchev–Trinajstić information content (AvgIpc) is 3.13. The van der Waals surface area contributed by atoms with Crippen LogP contribution in [0.4, 0.5) is 5.69 Å².